The number of aromatic nitrogens is 2. The van der Waals surface area contributed by atoms with Gasteiger partial charge in [0.15, 0.2) is 0 Å². The number of alkyl halides is 5. The smallest absolute Gasteiger partial charge is 0.401 e. The van der Waals surface area contributed by atoms with Crippen LogP contribution in [0, 0.1) is 23.7 Å². The van der Waals surface area contributed by atoms with Gasteiger partial charge in [0, 0.05) is 57.1 Å². The molecule has 2 aromatic rings. The lowest BCUT2D eigenvalue weighted by atomic mass is 9.48. The lowest BCUT2D eigenvalue weighted by Gasteiger charge is -2.59. The molecule has 270 valence electrons. The van der Waals surface area contributed by atoms with E-state index in [-0.39, 0.29) is 30.9 Å². The second-order valence-corrected chi connectivity index (χ2v) is 15.5. The van der Waals surface area contributed by atoms with Gasteiger partial charge in [-0.2, -0.15) is 22.0 Å². The molecule has 1 aromatic heterocycles. The molecule has 0 radical (unpaired) electrons. The summed E-state index contributed by atoms with van der Waals surface area (Å²) in [5.74, 6) is -4.80. The molecule has 1 amide bonds. The summed E-state index contributed by atoms with van der Waals surface area (Å²) in [5.41, 5.74) is -1.66. The Bertz CT molecular complexity index is 1660. The first-order chi connectivity index (χ1) is 23.6. The summed E-state index contributed by atoms with van der Waals surface area (Å²) in [6, 6.07) is 5.34. The molecule has 3 aliphatic heterocycles. The van der Waals surface area contributed by atoms with Crippen LogP contribution in [-0.2, 0) is 20.9 Å². The summed E-state index contributed by atoms with van der Waals surface area (Å²) >= 11 is 0. The van der Waals surface area contributed by atoms with Crippen molar-refractivity contribution in [2.24, 2.45) is 23.7 Å². The Hall–Kier alpha value is -3.59. The SMILES string of the molecule is CC(F)(F)c1nc(N2CC3(CCOCC3)c3cc(OC4CN(CC(F)(F)F)C4)ccc32)ncc1C(=O)NC1(C(=O)O)C2CC3CC(C2)CC1C3. The molecule has 2 saturated heterocycles. The van der Waals surface area contributed by atoms with E-state index in [1.165, 1.54) is 4.90 Å². The number of nitrogens with one attached hydrogen (secondary N) is 1. The number of carbonyl (C=O) groups excluding carboxylic acids is 1. The van der Waals surface area contributed by atoms with Crippen molar-refractivity contribution in [3.63, 3.8) is 0 Å². The Morgan fingerprint density at radius 2 is 1.70 bits per heavy atom. The van der Waals surface area contributed by atoms with E-state index in [2.05, 4.69) is 15.3 Å². The van der Waals surface area contributed by atoms with Crippen molar-refractivity contribution >= 4 is 23.5 Å². The maximum absolute atomic E-state index is 15.3. The van der Waals surface area contributed by atoms with Crippen molar-refractivity contribution in [1.82, 2.24) is 20.2 Å². The number of nitrogens with zero attached hydrogens (tertiary/aromatic N) is 4. The molecule has 4 bridgehead atoms. The van der Waals surface area contributed by atoms with Crippen LogP contribution in [0.3, 0.4) is 0 Å². The minimum Gasteiger partial charge on any atom is -0.488 e. The van der Waals surface area contributed by atoms with E-state index in [0.29, 0.717) is 88.5 Å². The molecule has 7 aliphatic rings. The summed E-state index contributed by atoms with van der Waals surface area (Å²) in [6.45, 7) is 1.27. The predicted octanol–water partition coefficient (Wildman–Crippen LogP) is 5.42. The fraction of sp³-hybridized carbons (Fsp3) is 0.657. The van der Waals surface area contributed by atoms with Gasteiger partial charge in [-0.25, -0.2) is 14.8 Å². The maximum Gasteiger partial charge on any atom is 0.401 e. The third-order valence-corrected chi connectivity index (χ3v) is 12.1. The van der Waals surface area contributed by atoms with Crippen LogP contribution < -0.4 is 15.0 Å². The van der Waals surface area contributed by atoms with Crippen LogP contribution >= 0.6 is 0 Å². The number of hydrogen-bond acceptors (Lipinski definition) is 8. The molecule has 50 heavy (non-hydrogen) atoms. The minimum absolute atomic E-state index is 0.0271. The van der Waals surface area contributed by atoms with Gasteiger partial charge < -0.3 is 24.8 Å². The van der Waals surface area contributed by atoms with E-state index >= 15 is 8.78 Å². The number of aliphatic carboxylic acids is 1. The molecule has 2 N–H and O–H groups in total. The van der Waals surface area contributed by atoms with Gasteiger partial charge in [0.25, 0.3) is 11.8 Å². The highest BCUT2D eigenvalue weighted by atomic mass is 19.4. The molecule has 1 aromatic carbocycles. The van der Waals surface area contributed by atoms with Crippen LogP contribution in [0.4, 0.5) is 33.6 Å². The molecule has 4 saturated carbocycles. The molecular formula is C35H40F5N5O5. The second-order valence-electron chi connectivity index (χ2n) is 15.5. The van der Waals surface area contributed by atoms with Crippen LogP contribution in [-0.4, -0.2) is 89.1 Å². The van der Waals surface area contributed by atoms with Gasteiger partial charge in [-0.1, -0.05) is 0 Å². The van der Waals surface area contributed by atoms with Crippen LogP contribution in [0.25, 0.3) is 0 Å². The van der Waals surface area contributed by atoms with Crippen molar-refractivity contribution < 1.29 is 46.1 Å². The first-order valence-corrected chi connectivity index (χ1v) is 17.4. The number of benzene rings is 1. The standard InChI is InChI=1S/C35H40F5N5O5/c1-32(36,37)28-25(29(46)43-35(30(47)48)21-9-19-8-20(11-21)12-22(35)10-19)14-41-31(42-28)45-17-33(4-6-49-7-5-33)26-13-23(2-3-27(26)45)50-24-15-44(16-24)18-34(38,39)40/h2-3,13-14,19-22,24H,4-12,15-18H2,1H3,(H,43,46)(H,47,48). The number of amides is 1. The van der Waals surface area contributed by atoms with Gasteiger partial charge in [-0.15, -0.1) is 0 Å². The fourth-order valence-corrected chi connectivity index (χ4v) is 10.1. The van der Waals surface area contributed by atoms with Gasteiger partial charge in [-0.05, 0) is 92.4 Å². The summed E-state index contributed by atoms with van der Waals surface area (Å²) in [6.07, 6.45) is 1.49. The Kier molecular flexibility index (Phi) is 7.86. The topological polar surface area (TPSA) is 117 Å². The van der Waals surface area contributed by atoms with E-state index in [4.69, 9.17) is 9.47 Å². The Morgan fingerprint density at radius 1 is 1.04 bits per heavy atom. The van der Waals surface area contributed by atoms with Gasteiger partial charge >= 0.3 is 12.1 Å². The zero-order chi connectivity index (χ0) is 35.2. The van der Waals surface area contributed by atoms with Crippen molar-refractivity contribution in [2.75, 3.05) is 44.3 Å². The number of halogens is 5. The van der Waals surface area contributed by atoms with Crippen LogP contribution in [0.5, 0.6) is 5.75 Å². The quantitative estimate of drug-likeness (QED) is 0.348. The zero-order valence-corrected chi connectivity index (χ0v) is 27.6. The molecule has 15 heteroatoms. The Labute approximate surface area is 285 Å². The fourth-order valence-electron chi connectivity index (χ4n) is 10.1. The third kappa shape index (κ3) is 5.68. The number of fused-ring (bicyclic) bond motifs is 2. The highest BCUT2D eigenvalue weighted by molar-refractivity contribution is 5.99. The van der Waals surface area contributed by atoms with Crippen molar-refractivity contribution in [1.29, 1.82) is 0 Å². The van der Waals surface area contributed by atoms with Gasteiger partial charge in [0.05, 0.1) is 12.1 Å². The van der Waals surface area contributed by atoms with E-state index in [0.717, 1.165) is 18.2 Å². The Balaban J connectivity index is 1.08. The second kappa shape index (κ2) is 11.7. The number of carbonyl (C=O) groups is 2. The minimum atomic E-state index is -4.28. The van der Waals surface area contributed by atoms with Crippen LogP contribution in [0.1, 0.15) is 73.5 Å². The normalized spacial score (nSPS) is 30.3. The molecule has 0 unspecified atom stereocenters. The monoisotopic (exact) mass is 705 g/mol. The summed E-state index contributed by atoms with van der Waals surface area (Å²) in [4.78, 5) is 38.4. The van der Waals surface area contributed by atoms with Crippen LogP contribution in [0.2, 0.25) is 0 Å². The number of carboxylic acids is 1. The van der Waals surface area contributed by atoms with Gasteiger partial charge in [0.2, 0.25) is 5.95 Å². The summed E-state index contributed by atoms with van der Waals surface area (Å²) < 4.78 is 80.7. The number of carboxylic acid groups (broad SMARTS) is 1. The average Bonchev–Trinajstić information content (AvgIpc) is 3.32. The summed E-state index contributed by atoms with van der Waals surface area (Å²) in [7, 11) is 0. The summed E-state index contributed by atoms with van der Waals surface area (Å²) in [5, 5.41) is 13.2. The van der Waals surface area contributed by atoms with Gasteiger partial charge in [0.1, 0.15) is 23.1 Å². The first-order valence-electron chi connectivity index (χ1n) is 17.4. The molecule has 1 spiro atoms. The van der Waals surface area contributed by atoms with Crippen molar-refractivity contribution in [3.05, 3.63) is 41.2 Å². The molecule has 4 heterocycles. The molecule has 4 aliphatic carbocycles. The Morgan fingerprint density at radius 3 is 2.30 bits per heavy atom. The lowest BCUT2D eigenvalue weighted by molar-refractivity contribution is -0.163. The molecule has 6 fully saturated rings. The van der Waals surface area contributed by atoms with Crippen molar-refractivity contribution in [3.8, 4) is 5.75 Å². The van der Waals surface area contributed by atoms with Crippen LogP contribution in [0.15, 0.2) is 24.4 Å². The molecule has 10 nitrogen and oxygen atoms in total. The zero-order valence-electron chi connectivity index (χ0n) is 27.6. The maximum atomic E-state index is 15.3. The number of anilines is 2. The highest BCUT2D eigenvalue weighted by Gasteiger charge is 2.62. The van der Waals surface area contributed by atoms with E-state index in [1.54, 1.807) is 17.0 Å². The average molecular weight is 706 g/mol. The van der Waals surface area contributed by atoms with Crippen molar-refractivity contribution in [2.45, 2.75) is 81.0 Å². The van der Waals surface area contributed by atoms with E-state index in [1.807, 2.05) is 6.07 Å². The largest absolute Gasteiger partial charge is 0.488 e. The van der Waals surface area contributed by atoms with E-state index in [9.17, 15) is 27.9 Å². The molecular weight excluding hydrogens is 665 g/mol. The first kappa shape index (κ1) is 33.5. The number of rotatable bonds is 8. The highest BCUT2D eigenvalue weighted by Crippen LogP contribution is 2.58. The molecule has 0 atom stereocenters. The number of likely N-dealkylation sites (tertiary alicyclic amines) is 1. The number of hydrogen-bond donors (Lipinski definition) is 2. The lowest BCUT2D eigenvalue weighted by Crippen LogP contribution is -2.70. The third-order valence-electron chi connectivity index (χ3n) is 12.1. The van der Waals surface area contributed by atoms with Gasteiger partial charge in [-0.3, -0.25) is 9.69 Å². The van der Waals surface area contributed by atoms with E-state index < -0.39 is 58.8 Å². The number of ether oxygens (including phenoxy) is 2. The molecule has 9 rings (SSSR count). The predicted molar refractivity (Wildman–Crippen MR) is 169 cm³/mol.